The van der Waals surface area contributed by atoms with Gasteiger partial charge in [0.25, 0.3) is 10.0 Å². The van der Waals surface area contributed by atoms with Gasteiger partial charge in [-0.2, -0.15) is 13.5 Å². The van der Waals surface area contributed by atoms with Gasteiger partial charge >= 0.3 is 0 Å². The summed E-state index contributed by atoms with van der Waals surface area (Å²) in [6, 6.07) is 18.3. The maximum absolute atomic E-state index is 12.2. The number of ether oxygens (including phenoxy) is 2. The van der Waals surface area contributed by atoms with Crippen LogP contribution in [0.25, 0.3) is 0 Å². The smallest absolute Gasteiger partial charge is 0.276 e. The SMILES string of the molecule is COc1ccc(C=NNS(=O)(=O)c2ccccc2)cc1OCc1c(Cl)cccc1Cl. The second-order valence-corrected chi connectivity index (χ2v) is 8.54. The quantitative estimate of drug-likeness (QED) is 0.380. The molecule has 1 N–H and O–H groups in total. The first-order valence-corrected chi connectivity index (χ1v) is 11.0. The van der Waals surface area contributed by atoms with E-state index >= 15 is 0 Å². The van der Waals surface area contributed by atoms with Crippen molar-refractivity contribution in [2.45, 2.75) is 11.5 Å². The van der Waals surface area contributed by atoms with Crippen LogP contribution in [-0.2, 0) is 16.6 Å². The van der Waals surface area contributed by atoms with Gasteiger partial charge in [0, 0.05) is 15.6 Å². The van der Waals surface area contributed by atoms with Crippen molar-refractivity contribution in [2.24, 2.45) is 5.10 Å². The van der Waals surface area contributed by atoms with E-state index in [-0.39, 0.29) is 11.5 Å². The van der Waals surface area contributed by atoms with Crippen molar-refractivity contribution in [1.29, 1.82) is 0 Å². The molecule has 30 heavy (non-hydrogen) atoms. The summed E-state index contributed by atoms with van der Waals surface area (Å²) < 4.78 is 35.6. The van der Waals surface area contributed by atoms with Gasteiger partial charge in [0.15, 0.2) is 11.5 Å². The highest BCUT2D eigenvalue weighted by molar-refractivity contribution is 7.89. The summed E-state index contributed by atoms with van der Waals surface area (Å²) in [4.78, 5) is 2.30. The van der Waals surface area contributed by atoms with Crippen LogP contribution in [0.2, 0.25) is 10.0 Å². The van der Waals surface area contributed by atoms with E-state index in [0.29, 0.717) is 32.7 Å². The van der Waals surface area contributed by atoms with Crippen molar-refractivity contribution in [3.05, 3.63) is 87.9 Å². The topological polar surface area (TPSA) is 77.0 Å². The maximum atomic E-state index is 12.2. The second kappa shape index (κ2) is 9.84. The summed E-state index contributed by atoms with van der Waals surface area (Å²) in [5, 5.41) is 4.82. The van der Waals surface area contributed by atoms with Crippen molar-refractivity contribution in [3.8, 4) is 11.5 Å². The Balaban J connectivity index is 1.75. The summed E-state index contributed by atoms with van der Waals surface area (Å²) in [6.45, 7) is 0.135. The lowest BCUT2D eigenvalue weighted by Gasteiger charge is -2.13. The molecule has 0 aliphatic heterocycles. The first-order chi connectivity index (χ1) is 14.4. The van der Waals surface area contributed by atoms with E-state index in [1.165, 1.54) is 25.5 Å². The highest BCUT2D eigenvalue weighted by Gasteiger charge is 2.12. The molecule has 0 aliphatic carbocycles. The number of nitrogens with one attached hydrogen (secondary N) is 1. The van der Waals surface area contributed by atoms with E-state index in [1.807, 2.05) is 0 Å². The predicted octanol–water partition coefficient (Wildman–Crippen LogP) is 4.89. The van der Waals surface area contributed by atoms with Gasteiger partial charge in [0.05, 0.1) is 18.2 Å². The number of rotatable bonds is 8. The molecule has 0 atom stereocenters. The van der Waals surface area contributed by atoms with Crippen LogP contribution in [0.3, 0.4) is 0 Å². The average Bonchev–Trinajstić information content (AvgIpc) is 2.74. The molecule has 0 saturated heterocycles. The standard InChI is InChI=1S/C21H18Cl2N2O4S/c1-28-20-11-10-15(13-24-25-30(26,27)16-6-3-2-4-7-16)12-21(20)29-14-17-18(22)8-5-9-19(17)23/h2-13,25H,14H2,1H3. The van der Waals surface area contributed by atoms with Crippen LogP contribution in [0, 0.1) is 0 Å². The third kappa shape index (κ3) is 5.44. The average molecular weight is 465 g/mol. The van der Waals surface area contributed by atoms with Crippen molar-refractivity contribution >= 4 is 39.4 Å². The van der Waals surface area contributed by atoms with Gasteiger partial charge in [-0.15, -0.1) is 0 Å². The number of sulfonamides is 1. The minimum Gasteiger partial charge on any atom is -0.493 e. The minimum absolute atomic E-state index is 0.123. The number of hydrogen-bond donors (Lipinski definition) is 1. The summed E-state index contributed by atoms with van der Waals surface area (Å²) in [7, 11) is -2.22. The van der Waals surface area contributed by atoms with Gasteiger partial charge in [-0.05, 0) is 48.0 Å². The van der Waals surface area contributed by atoms with Crippen LogP contribution >= 0.6 is 23.2 Å². The molecule has 0 aromatic heterocycles. The molecule has 6 nitrogen and oxygen atoms in total. The van der Waals surface area contributed by atoms with Crippen molar-refractivity contribution in [1.82, 2.24) is 4.83 Å². The van der Waals surface area contributed by atoms with Gasteiger partial charge in [-0.1, -0.05) is 47.5 Å². The van der Waals surface area contributed by atoms with E-state index in [2.05, 4.69) is 9.93 Å². The van der Waals surface area contributed by atoms with Crippen LogP contribution in [0.5, 0.6) is 11.5 Å². The molecule has 9 heteroatoms. The van der Waals surface area contributed by atoms with Gasteiger partial charge in [0.1, 0.15) is 6.61 Å². The zero-order valence-corrected chi connectivity index (χ0v) is 18.2. The first kappa shape index (κ1) is 22.0. The van der Waals surface area contributed by atoms with Crippen molar-refractivity contribution in [2.75, 3.05) is 7.11 Å². The Bertz CT molecular complexity index is 1130. The number of methoxy groups -OCH3 is 1. The number of halogens is 2. The lowest BCUT2D eigenvalue weighted by Crippen LogP contribution is -2.18. The Morgan fingerprint density at radius 1 is 0.967 bits per heavy atom. The zero-order chi connectivity index (χ0) is 21.6. The predicted molar refractivity (Wildman–Crippen MR) is 118 cm³/mol. The molecule has 156 valence electrons. The molecular weight excluding hydrogens is 447 g/mol. The van der Waals surface area contributed by atoms with Crippen LogP contribution in [0.15, 0.2) is 76.7 Å². The largest absolute Gasteiger partial charge is 0.493 e. The van der Waals surface area contributed by atoms with Crippen LogP contribution in [-0.4, -0.2) is 21.7 Å². The van der Waals surface area contributed by atoms with Gasteiger partial charge in [0.2, 0.25) is 0 Å². The van der Waals surface area contributed by atoms with Gasteiger partial charge < -0.3 is 9.47 Å². The van der Waals surface area contributed by atoms with Gasteiger partial charge in [-0.3, -0.25) is 0 Å². The van der Waals surface area contributed by atoms with Crippen molar-refractivity contribution < 1.29 is 17.9 Å². The normalized spacial score (nSPS) is 11.4. The van der Waals surface area contributed by atoms with Crippen molar-refractivity contribution in [3.63, 3.8) is 0 Å². The molecule has 0 unspecified atom stereocenters. The fourth-order valence-electron chi connectivity index (χ4n) is 2.53. The molecule has 0 spiro atoms. The third-order valence-electron chi connectivity index (χ3n) is 4.06. The monoisotopic (exact) mass is 464 g/mol. The van der Waals surface area contributed by atoms with E-state index in [1.54, 1.807) is 54.6 Å². The minimum atomic E-state index is -3.74. The summed E-state index contributed by atoms with van der Waals surface area (Å²) >= 11 is 12.4. The third-order valence-corrected chi connectivity index (χ3v) is 6.01. The first-order valence-electron chi connectivity index (χ1n) is 8.74. The Labute approximate surface area is 185 Å². The molecule has 0 amide bonds. The molecule has 0 radical (unpaired) electrons. The highest BCUT2D eigenvalue weighted by Crippen LogP contribution is 2.31. The second-order valence-electron chi connectivity index (χ2n) is 6.07. The Morgan fingerprint density at radius 2 is 1.67 bits per heavy atom. The van der Waals surface area contributed by atoms with E-state index in [0.717, 1.165) is 0 Å². The maximum Gasteiger partial charge on any atom is 0.276 e. The molecule has 3 rings (SSSR count). The van der Waals surface area contributed by atoms with Crippen LogP contribution in [0.4, 0.5) is 0 Å². The number of hydrogen-bond acceptors (Lipinski definition) is 5. The fourth-order valence-corrected chi connectivity index (χ4v) is 3.85. The van der Waals surface area contributed by atoms with Crippen LogP contribution in [0.1, 0.15) is 11.1 Å². The van der Waals surface area contributed by atoms with E-state index in [4.69, 9.17) is 32.7 Å². The molecule has 0 saturated carbocycles. The Hall–Kier alpha value is -2.74. The molecule has 0 heterocycles. The van der Waals surface area contributed by atoms with E-state index in [9.17, 15) is 8.42 Å². The molecule has 0 bridgehead atoms. The molecule has 3 aromatic carbocycles. The highest BCUT2D eigenvalue weighted by atomic mass is 35.5. The summed E-state index contributed by atoms with van der Waals surface area (Å²) in [6.07, 6.45) is 1.37. The van der Waals surface area contributed by atoms with Gasteiger partial charge in [-0.25, -0.2) is 4.83 Å². The molecular formula is C21H18Cl2N2O4S. The fraction of sp³-hybridized carbons (Fsp3) is 0.0952. The number of nitrogens with zero attached hydrogens (tertiary/aromatic N) is 1. The molecule has 0 fully saturated rings. The lowest BCUT2D eigenvalue weighted by atomic mass is 10.2. The Kier molecular flexibility index (Phi) is 7.20. The van der Waals surface area contributed by atoms with E-state index < -0.39 is 10.0 Å². The lowest BCUT2D eigenvalue weighted by molar-refractivity contribution is 0.284. The summed E-state index contributed by atoms with van der Waals surface area (Å²) in [5.74, 6) is 0.934. The number of benzene rings is 3. The summed E-state index contributed by atoms with van der Waals surface area (Å²) in [5.41, 5.74) is 1.25. The van der Waals surface area contributed by atoms with Crippen LogP contribution < -0.4 is 14.3 Å². The molecule has 0 aliphatic rings. The zero-order valence-electron chi connectivity index (χ0n) is 15.9. The Morgan fingerprint density at radius 3 is 2.33 bits per heavy atom. The molecule has 3 aromatic rings. The number of hydrazone groups is 1.